The van der Waals surface area contributed by atoms with Crippen LogP contribution in [0.4, 0.5) is 9.80 Å². The summed E-state index contributed by atoms with van der Waals surface area (Å²) in [5.74, 6) is 0. The molecule has 0 saturated heterocycles. The Kier molecular flexibility index (Phi) is 3.31. The lowest BCUT2D eigenvalue weighted by atomic mass is 10.4. The van der Waals surface area contributed by atoms with Gasteiger partial charge in [-0.05, 0) is 37.8 Å². The second kappa shape index (κ2) is 4.28. The SMILES string of the molecule is Cc1csc(NC(=O)NC(C)C)c1. The largest absolute Gasteiger partial charge is 0.336 e. The summed E-state index contributed by atoms with van der Waals surface area (Å²) in [6.07, 6.45) is 0. The van der Waals surface area contributed by atoms with Crippen molar-refractivity contribution in [1.82, 2.24) is 5.32 Å². The molecule has 72 valence electrons. The molecule has 2 amide bonds. The second-order valence-corrected chi connectivity index (χ2v) is 4.15. The maximum absolute atomic E-state index is 11.2. The van der Waals surface area contributed by atoms with E-state index >= 15 is 0 Å². The molecule has 13 heavy (non-hydrogen) atoms. The fourth-order valence-corrected chi connectivity index (χ4v) is 1.69. The molecule has 1 aromatic rings. The van der Waals surface area contributed by atoms with Gasteiger partial charge in [0, 0.05) is 6.04 Å². The molecule has 0 aromatic carbocycles. The van der Waals surface area contributed by atoms with E-state index in [-0.39, 0.29) is 12.1 Å². The van der Waals surface area contributed by atoms with Crippen LogP contribution in [0.15, 0.2) is 11.4 Å². The summed E-state index contributed by atoms with van der Waals surface area (Å²) < 4.78 is 0. The van der Waals surface area contributed by atoms with Crippen LogP contribution in [0, 0.1) is 6.92 Å². The minimum Gasteiger partial charge on any atom is -0.336 e. The van der Waals surface area contributed by atoms with Crippen molar-refractivity contribution in [2.75, 3.05) is 5.32 Å². The Balaban J connectivity index is 2.45. The number of hydrogen-bond donors (Lipinski definition) is 2. The van der Waals surface area contributed by atoms with Gasteiger partial charge in [0.2, 0.25) is 0 Å². The number of rotatable bonds is 2. The zero-order valence-electron chi connectivity index (χ0n) is 8.05. The van der Waals surface area contributed by atoms with Crippen molar-refractivity contribution in [3.8, 4) is 0 Å². The Morgan fingerprint density at radius 1 is 1.54 bits per heavy atom. The lowest BCUT2D eigenvalue weighted by molar-refractivity contribution is 0.250. The topological polar surface area (TPSA) is 41.1 Å². The molecule has 0 radical (unpaired) electrons. The number of urea groups is 1. The Morgan fingerprint density at radius 2 is 2.23 bits per heavy atom. The molecule has 3 nitrogen and oxygen atoms in total. The monoisotopic (exact) mass is 198 g/mol. The van der Waals surface area contributed by atoms with E-state index in [9.17, 15) is 4.79 Å². The highest BCUT2D eigenvalue weighted by Crippen LogP contribution is 2.18. The summed E-state index contributed by atoms with van der Waals surface area (Å²) in [4.78, 5) is 11.2. The fourth-order valence-electron chi connectivity index (χ4n) is 0.907. The number of amides is 2. The van der Waals surface area contributed by atoms with E-state index in [0.29, 0.717) is 0 Å². The minimum absolute atomic E-state index is 0.142. The maximum atomic E-state index is 11.2. The molecule has 0 bridgehead atoms. The normalized spacial score (nSPS) is 10.2. The lowest BCUT2D eigenvalue weighted by Crippen LogP contribution is -2.33. The summed E-state index contributed by atoms with van der Waals surface area (Å²) in [6, 6.07) is 1.97. The van der Waals surface area contributed by atoms with Crippen molar-refractivity contribution < 1.29 is 4.79 Å². The predicted octanol–water partition coefficient (Wildman–Crippen LogP) is 2.59. The molecule has 1 rings (SSSR count). The van der Waals surface area contributed by atoms with Crippen LogP contribution < -0.4 is 10.6 Å². The van der Waals surface area contributed by atoms with E-state index in [1.54, 1.807) is 0 Å². The summed E-state index contributed by atoms with van der Waals surface area (Å²) in [6.45, 7) is 5.86. The molecule has 2 N–H and O–H groups in total. The number of nitrogens with one attached hydrogen (secondary N) is 2. The van der Waals surface area contributed by atoms with Gasteiger partial charge in [0.1, 0.15) is 0 Å². The van der Waals surface area contributed by atoms with Crippen molar-refractivity contribution in [3.05, 3.63) is 17.0 Å². The Labute approximate surface area is 82.2 Å². The smallest absolute Gasteiger partial charge is 0.320 e. The minimum atomic E-state index is -0.142. The van der Waals surface area contributed by atoms with Crippen molar-refractivity contribution in [2.24, 2.45) is 0 Å². The third kappa shape index (κ3) is 3.46. The second-order valence-electron chi connectivity index (χ2n) is 3.24. The van der Waals surface area contributed by atoms with E-state index in [4.69, 9.17) is 0 Å². The molecule has 4 heteroatoms. The first kappa shape index (κ1) is 10.1. The van der Waals surface area contributed by atoms with Gasteiger partial charge in [0.25, 0.3) is 0 Å². The van der Waals surface area contributed by atoms with E-state index in [0.717, 1.165) is 5.00 Å². The quantitative estimate of drug-likeness (QED) is 0.753. The van der Waals surface area contributed by atoms with Crippen molar-refractivity contribution >= 4 is 22.4 Å². The van der Waals surface area contributed by atoms with Crippen molar-refractivity contribution in [1.29, 1.82) is 0 Å². The molecule has 0 aliphatic heterocycles. The molecule has 0 spiro atoms. The van der Waals surface area contributed by atoms with Gasteiger partial charge in [-0.1, -0.05) is 0 Å². The molecular formula is C9H14N2OS. The van der Waals surface area contributed by atoms with Gasteiger partial charge in [0.05, 0.1) is 5.00 Å². The first-order chi connectivity index (χ1) is 6.08. The Hall–Kier alpha value is -1.03. The van der Waals surface area contributed by atoms with E-state index < -0.39 is 0 Å². The van der Waals surface area contributed by atoms with Crippen LogP contribution in [0.5, 0.6) is 0 Å². The van der Waals surface area contributed by atoms with Crippen molar-refractivity contribution in [3.63, 3.8) is 0 Å². The predicted molar refractivity (Wildman–Crippen MR) is 56.3 cm³/mol. The van der Waals surface area contributed by atoms with Crippen LogP contribution in [-0.2, 0) is 0 Å². The van der Waals surface area contributed by atoms with Crippen molar-refractivity contribution in [2.45, 2.75) is 26.8 Å². The number of carbonyl (C=O) groups is 1. The molecule has 0 saturated carbocycles. The Morgan fingerprint density at radius 3 is 2.69 bits per heavy atom. The first-order valence-electron chi connectivity index (χ1n) is 4.20. The van der Waals surface area contributed by atoms with Crippen LogP contribution in [0.25, 0.3) is 0 Å². The van der Waals surface area contributed by atoms with Crippen LogP contribution in [0.1, 0.15) is 19.4 Å². The van der Waals surface area contributed by atoms with Crippen LogP contribution in [0.3, 0.4) is 0 Å². The average Bonchev–Trinajstić information content (AvgIpc) is 2.33. The number of anilines is 1. The van der Waals surface area contributed by atoms with Gasteiger partial charge in [0.15, 0.2) is 0 Å². The van der Waals surface area contributed by atoms with E-state index in [1.807, 2.05) is 32.2 Å². The molecular weight excluding hydrogens is 184 g/mol. The van der Waals surface area contributed by atoms with Gasteiger partial charge >= 0.3 is 6.03 Å². The summed E-state index contributed by atoms with van der Waals surface area (Å²) in [5.41, 5.74) is 1.17. The number of hydrogen-bond acceptors (Lipinski definition) is 2. The molecule has 1 heterocycles. The van der Waals surface area contributed by atoms with Gasteiger partial charge in [-0.3, -0.25) is 5.32 Å². The average molecular weight is 198 g/mol. The molecule has 0 fully saturated rings. The van der Waals surface area contributed by atoms with Crippen LogP contribution in [0.2, 0.25) is 0 Å². The fraction of sp³-hybridized carbons (Fsp3) is 0.444. The summed E-state index contributed by atoms with van der Waals surface area (Å²) in [7, 11) is 0. The van der Waals surface area contributed by atoms with E-state index in [1.165, 1.54) is 16.9 Å². The van der Waals surface area contributed by atoms with Crippen LogP contribution >= 0.6 is 11.3 Å². The maximum Gasteiger partial charge on any atom is 0.320 e. The molecule has 0 aliphatic rings. The zero-order valence-corrected chi connectivity index (χ0v) is 8.87. The highest BCUT2D eigenvalue weighted by molar-refractivity contribution is 7.14. The lowest BCUT2D eigenvalue weighted by Gasteiger charge is -2.07. The van der Waals surface area contributed by atoms with Gasteiger partial charge < -0.3 is 5.32 Å². The number of aryl methyl sites for hydroxylation is 1. The highest BCUT2D eigenvalue weighted by Gasteiger charge is 2.03. The number of thiophene rings is 1. The van der Waals surface area contributed by atoms with Gasteiger partial charge in [-0.2, -0.15) is 0 Å². The Bertz CT molecular complexity index is 294. The molecule has 0 atom stereocenters. The first-order valence-corrected chi connectivity index (χ1v) is 5.08. The zero-order chi connectivity index (χ0) is 9.84. The van der Waals surface area contributed by atoms with E-state index in [2.05, 4.69) is 10.6 Å². The number of carbonyl (C=O) groups excluding carboxylic acids is 1. The van der Waals surface area contributed by atoms with Gasteiger partial charge in [-0.25, -0.2) is 4.79 Å². The molecule has 0 aliphatic carbocycles. The standard InChI is InChI=1S/C9H14N2OS/c1-6(2)10-9(12)11-8-4-7(3)5-13-8/h4-6H,1-3H3,(H2,10,11,12). The molecule has 1 aromatic heterocycles. The summed E-state index contributed by atoms with van der Waals surface area (Å²) >= 11 is 1.53. The third-order valence-electron chi connectivity index (χ3n) is 1.39. The van der Waals surface area contributed by atoms with Crippen LogP contribution in [-0.4, -0.2) is 12.1 Å². The molecule has 0 unspecified atom stereocenters. The highest BCUT2D eigenvalue weighted by atomic mass is 32.1. The third-order valence-corrected chi connectivity index (χ3v) is 2.35. The van der Waals surface area contributed by atoms with Gasteiger partial charge in [-0.15, -0.1) is 11.3 Å². The summed E-state index contributed by atoms with van der Waals surface area (Å²) in [5, 5.41) is 8.41.